The fraction of sp³-hybridized carbons (Fsp3) is 0.625. The van der Waals surface area contributed by atoms with Crippen LogP contribution in [0.2, 0.25) is 0 Å². The summed E-state index contributed by atoms with van der Waals surface area (Å²) in [4.78, 5) is 0. The Morgan fingerprint density at radius 1 is 1.21 bits per heavy atom. The van der Waals surface area contributed by atoms with Crippen molar-refractivity contribution in [3.8, 4) is 11.5 Å². The molecule has 1 fully saturated rings. The highest BCUT2D eigenvalue weighted by Crippen LogP contribution is 2.43. The summed E-state index contributed by atoms with van der Waals surface area (Å²) in [6, 6.07) is 6.13. The third kappa shape index (κ3) is 3.03. The Balaban J connectivity index is 2.32. The Morgan fingerprint density at radius 3 is 2.63 bits per heavy atom. The number of benzene rings is 1. The van der Waals surface area contributed by atoms with Crippen molar-refractivity contribution in [3.63, 3.8) is 0 Å². The van der Waals surface area contributed by atoms with E-state index < -0.39 is 0 Å². The van der Waals surface area contributed by atoms with Crippen LogP contribution in [0.15, 0.2) is 18.2 Å². The minimum Gasteiger partial charge on any atom is -0.497 e. The van der Waals surface area contributed by atoms with E-state index in [0.717, 1.165) is 24.0 Å². The zero-order valence-corrected chi connectivity index (χ0v) is 12.2. The number of ether oxygens (including phenoxy) is 2. The Kier molecular flexibility index (Phi) is 4.70. The van der Waals surface area contributed by atoms with E-state index in [1.807, 2.05) is 12.1 Å². The molecular formula is C16H25NO2. The summed E-state index contributed by atoms with van der Waals surface area (Å²) in [7, 11) is 3.40. The van der Waals surface area contributed by atoms with Crippen LogP contribution in [0, 0.1) is 11.8 Å². The van der Waals surface area contributed by atoms with Gasteiger partial charge in [-0.05, 0) is 48.8 Å². The highest BCUT2D eigenvalue weighted by molar-refractivity contribution is 5.43. The Labute approximate surface area is 116 Å². The standard InChI is InChI=1S/C16H25NO2/c1-11-4-5-12(10-17)15(8-11)14-7-6-13(18-2)9-16(14)19-3/h6-7,9,11-12,15H,4-5,8,10,17H2,1-3H3. The fourth-order valence-electron chi connectivity index (χ4n) is 3.23. The molecule has 3 nitrogen and oxygen atoms in total. The summed E-state index contributed by atoms with van der Waals surface area (Å²) >= 11 is 0. The van der Waals surface area contributed by atoms with Crippen molar-refractivity contribution in [1.82, 2.24) is 0 Å². The lowest BCUT2D eigenvalue weighted by Gasteiger charge is -2.35. The quantitative estimate of drug-likeness (QED) is 0.907. The molecule has 0 amide bonds. The lowest BCUT2D eigenvalue weighted by atomic mass is 9.71. The van der Waals surface area contributed by atoms with E-state index in [1.165, 1.54) is 24.8 Å². The van der Waals surface area contributed by atoms with Crippen molar-refractivity contribution < 1.29 is 9.47 Å². The number of hydrogen-bond acceptors (Lipinski definition) is 3. The predicted octanol–water partition coefficient (Wildman–Crippen LogP) is 3.18. The van der Waals surface area contributed by atoms with Gasteiger partial charge in [0.05, 0.1) is 14.2 Å². The van der Waals surface area contributed by atoms with Crippen LogP contribution in [-0.2, 0) is 0 Å². The first kappa shape index (κ1) is 14.2. The molecule has 3 atom stereocenters. The Hall–Kier alpha value is -1.22. The van der Waals surface area contributed by atoms with Crippen LogP contribution in [-0.4, -0.2) is 20.8 Å². The van der Waals surface area contributed by atoms with Crippen LogP contribution in [0.25, 0.3) is 0 Å². The Morgan fingerprint density at radius 2 is 2.00 bits per heavy atom. The summed E-state index contributed by atoms with van der Waals surface area (Å²) in [5.41, 5.74) is 7.24. The van der Waals surface area contributed by atoms with Gasteiger partial charge >= 0.3 is 0 Å². The van der Waals surface area contributed by atoms with E-state index >= 15 is 0 Å². The lowest BCUT2D eigenvalue weighted by molar-refractivity contribution is 0.248. The summed E-state index contributed by atoms with van der Waals surface area (Å²) in [6.07, 6.45) is 3.71. The highest BCUT2D eigenvalue weighted by Gasteiger charge is 2.30. The molecule has 1 aliphatic rings. The molecule has 0 radical (unpaired) electrons. The number of hydrogen-bond donors (Lipinski definition) is 1. The second-order valence-electron chi connectivity index (χ2n) is 5.63. The van der Waals surface area contributed by atoms with Gasteiger partial charge in [-0.1, -0.05) is 19.4 Å². The molecule has 106 valence electrons. The summed E-state index contributed by atoms with van der Waals surface area (Å²) in [6.45, 7) is 3.09. The second-order valence-corrected chi connectivity index (χ2v) is 5.63. The van der Waals surface area contributed by atoms with E-state index in [0.29, 0.717) is 11.8 Å². The number of nitrogens with two attached hydrogens (primary N) is 1. The van der Waals surface area contributed by atoms with Gasteiger partial charge in [-0.25, -0.2) is 0 Å². The molecule has 1 aromatic carbocycles. The molecule has 0 heterocycles. The molecule has 1 aliphatic carbocycles. The normalized spacial score (nSPS) is 27.1. The highest BCUT2D eigenvalue weighted by atomic mass is 16.5. The van der Waals surface area contributed by atoms with E-state index in [2.05, 4.69) is 13.0 Å². The molecular weight excluding hydrogens is 238 g/mol. The molecule has 19 heavy (non-hydrogen) atoms. The first-order valence-corrected chi connectivity index (χ1v) is 7.11. The van der Waals surface area contributed by atoms with Crippen molar-refractivity contribution in [2.45, 2.75) is 32.1 Å². The first-order valence-electron chi connectivity index (χ1n) is 7.11. The molecule has 0 saturated heterocycles. The average molecular weight is 263 g/mol. The second kappa shape index (κ2) is 6.29. The largest absolute Gasteiger partial charge is 0.497 e. The third-order valence-corrected chi connectivity index (χ3v) is 4.40. The van der Waals surface area contributed by atoms with Crippen molar-refractivity contribution in [2.24, 2.45) is 17.6 Å². The minimum atomic E-state index is 0.509. The summed E-state index contributed by atoms with van der Waals surface area (Å²) in [5.74, 6) is 3.61. The Bertz CT molecular complexity index is 419. The van der Waals surface area contributed by atoms with Crippen LogP contribution >= 0.6 is 0 Å². The van der Waals surface area contributed by atoms with Gasteiger partial charge in [0.25, 0.3) is 0 Å². The molecule has 1 saturated carbocycles. The van der Waals surface area contributed by atoms with Crippen molar-refractivity contribution >= 4 is 0 Å². The van der Waals surface area contributed by atoms with Crippen LogP contribution in [0.5, 0.6) is 11.5 Å². The molecule has 0 aliphatic heterocycles. The van der Waals surface area contributed by atoms with Gasteiger partial charge in [-0.2, -0.15) is 0 Å². The van der Waals surface area contributed by atoms with Gasteiger partial charge in [0.2, 0.25) is 0 Å². The van der Waals surface area contributed by atoms with Gasteiger partial charge in [0.1, 0.15) is 11.5 Å². The molecule has 0 aromatic heterocycles. The molecule has 2 rings (SSSR count). The maximum absolute atomic E-state index is 5.96. The summed E-state index contributed by atoms with van der Waals surface area (Å²) < 4.78 is 10.8. The molecule has 0 bridgehead atoms. The van der Waals surface area contributed by atoms with Crippen molar-refractivity contribution in [2.75, 3.05) is 20.8 Å². The van der Waals surface area contributed by atoms with Crippen LogP contribution < -0.4 is 15.2 Å². The topological polar surface area (TPSA) is 44.5 Å². The van der Waals surface area contributed by atoms with E-state index in [4.69, 9.17) is 15.2 Å². The zero-order valence-electron chi connectivity index (χ0n) is 12.2. The maximum Gasteiger partial charge on any atom is 0.126 e. The van der Waals surface area contributed by atoms with Gasteiger partial charge < -0.3 is 15.2 Å². The van der Waals surface area contributed by atoms with Crippen LogP contribution in [0.1, 0.15) is 37.7 Å². The van der Waals surface area contributed by atoms with Crippen LogP contribution in [0.4, 0.5) is 0 Å². The van der Waals surface area contributed by atoms with E-state index in [1.54, 1.807) is 14.2 Å². The van der Waals surface area contributed by atoms with E-state index in [-0.39, 0.29) is 0 Å². The number of methoxy groups -OCH3 is 2. The third-order valence-electron chi connectivity index (χ3n) is 4.40. The monoisotopic (exact) mass is 263 g/mol. The molecule has 1 aromatic rings. The van der Waals surface area contributed by atoms with Gasteiger partial charge in [0, 0.05) is 6.07 Å². The molecule has 3 unspecified atom stereocenters. The average Bonchev–Trinajstić information content (AvgIpc) is 2.46. The molecule has 3 heteroatoms. The first-order chi connectivity index (χ1) is 9.19. The maximum atomic E-state index is 5.96. The zero-order chi connectivity index (χ0) is 13.8. The smallest absolute Gasteiger partial charge is 0.126 e. The SMILES string of the molecule is COc1ccc(C2CC(C)CCC2CN)c(OC)c1. The van der Waals surface area contributed by atoms with Crippen molar-refractivity contribution in [1.29, 1.82) is 0 Å². The van der Waals surface area contributed by atoms with Crippen LogP contribution in [0.3, 0.4) is 0 Å². The lowest BCUT2D eigenvalue weighted by Crippen LogP contribution is -2.28. The van der Waals surface area contributed by atoms with Gasteiger partial charge in [0.15, 0.2) is 0 Å². The minimum absolute atomic E-state index is 0.509. The van der Waals surface area contributed by atoms with E-state index in [9.17, 15) is 0 Å². The fourth-order valence-corrected chi connectivity index (χ4v) is 3.23. The van der Waals surface area contributed by atoms with Crippen molar-refractivity contribution in [3.05, 3.63) is 23.8 Å². The van der Waals surface area contributed by atoms with Gasteiger partial charge in [-0.3, -0.25) is 0 Å². The predicted molar refractivity (Wildman–Crippen MR) is 77.8 cm³/mol. The number of rotatable bonds is 4. The summed E-state index contributed by atoms with van der Waals surface area (Å²) in [5, 5.41) is 0. The molecule has 2 N–H and O–H groups in total. The van der Waals surface area contributed by atoms with Gasteiger partial charge in [-0.15, -0.1) is 0 Å². The molecule has 0 spiro atoms.